The first kappa shape index (κ1) is 14.8. The third kappa shape index (κ3) is 3.09. The van der Waals surface area contributed by atoms with Crippen LogP contribution in [0.15, 0.2) is 46.9 Å². The minimum Gasteiger partial charge on any atom is -0.292 e. The van der Waals surface area contributed by atoms with Crippen molar-refractivity contribution in [3.05, 3.63) is 68.7 Å². The lowest BCUT2D eigenvalue weighted by Crippen LogP contribution is -2.12. The Morgan fingerprint density at radius 1 is 1.30 bits per heavy atom. The highest BCUT2D eigenvalue weighted by Gasteiger charge is 2.23. The van der Waals surface area contributed by atoms with Crippen molar-refractivity contribution in [2.24, 2.45) is 0 Å². The third-order valence-electron chi connectivity index (χ3n) is 3.03. The maximum Gasteiger partial charge on any atom is 0.184 e. The number of carbonyl (C=O) groups excluding carboxylic acids is 1. The van der Waals surface area contributed by atoms with Crippen LogP contribution in [0.1, 0.15) is 27.4 Å². The van der Waals surface area contributed by atoms with E-state index in [0.29, 0.717) is 16.1 Å². The van der Waals surface area contributed by atoms with E-state index in [0.717, 1.165) is 10.0 Å². The Labute approximate surface area is 131 Å². The second-order valence-electron chi connectivity index (χ2n) is 4.44. The Balaban J connectivity index is 2.42. The molecule has 0 spiro atoms. The van der Waals surface area contributed by atoms with E-state index in [1.165, 1.54) is 0 Å². The molecule has 0 saturated carbocycles. The number of benzene rings is 2. The van der Waals surface area contributed by atoms with Crippen molar-refractivity contribution in [1.82, 2.24) is 0 Å². The molecular formula is C16H11BrClNO. The highest BCUT2D eigenvalue weighted by molar-refractivity contribution is 9.10. The van der Waals surface area contributed by atoms with Gasteiger partial charge in [-0.25, -0.2) is 0 Å². The average Bonchev–Trinajstić information content (AvgIpc) is 2.39. The van der Waals surface area contributed by atoms with Crippen LogP contribution >= 0.6 is 27.5 Å². The van der Waals surface area contributed by atoms with Gasteiger partial charge in [-0.2, -0.15) is 5.26 Å². The summed E-state index contributed by atoms with van der Waals surface area (Å²) < 4.78 is 0.905. The highest BCUT2D eigenvalue weighted by Crippen LogP contribution is 2.25. The summed E-state index contributed by atoms with van der Waals surface area (Å²) in [5.41, 5.74) is 2.01. The first-order valence-electron chi connectivity index (χ1n) is 5.98. The van der Waals surface area contributed by atoms with Crippen LogP contribution in [0, 0.1) is 18.3 Å². The van der Waals surface area contributed by atoms with Gasteiger partial charge in [0.05, 0.1) is 6.07 Å². The number of nitrogens with zero attached hydrogens (tertiary/aromatic N) is 1. The molecule has 0 aliphatic carbocycles. The molecule has 1 atom stereocenters. The Kier molecular flexibility index (Phi) is 4.59. The monoisotopic (exact) mass is 347 g/mol. The third-order valence-corrected chi connectivity index (χ3v) is 3.76. The molecule has 2 aromatic carbocycles. The van der Waals surface area contributed by atoms with Gasteiger partial charge in [-0.15, -0.1) is 0 Å². The molecule has 0 aliphatic heterocycles. The molecule has 0 saturated heterocycles. The molecule has 0 radical (unpaired) electrons. The van der Waals surface area contributed by atoms with Crippen LogP contribution in [-0.4, -0.2) is 5.78 Å². The van der Waals surface area contributed by atoms with Crippen molar-refractivity contribution in [3.8, 4) is 6.07 Å². The Morgan fingerprint density at radius 2 is 2.05 bits per heavy atom. The molecule has 0 bridgehead atoms. The highest BCUT2D eigenvalue weighted by atomic mass is 79.9. The smallest absolute Gasteiger partial charge is 0.184 e. The number of nitriles is 1. The number of hydrogen-bond acceptors (Lipinski definition) is 2. The molecule has 0 aliphatic rings. The van der Waals surface area contributed by atoms with Crippen LogP contribution in [-0.2, 0) is 0 Å². The van der Waals surface area contributed by atoms with Crippen molar-refractivity contribution in [3.63, 3.8) is 0 Å². The van der Waals surface area contributed by atoms with Crippen LogP contribution in [0.3, 0.4) is 0 Å². The number of hydrogen-bond donors (Lipinski definition) is 0. The molecule has 4 heteroatoms. The maximum atomic E-state index is 12.5. The molecule has 2 rings (SSSR count). The summed E-state index contributed by atoms with van der Waals surface area (Å²) in [5, 5.41) is 9.84. The topological polar surface area (TPSA) is 40.9 Å². The van der Waals surface area contributed by atoms with Gasteiger partial charge in [-0.3, -0.25) is 4.79 Å². The molecule has 0 N–H and O–H groups in total. The van der Waals surface area contributed by atoms with Gasteiger partial charge < -0.3 is 0 Å². The average molecular weight is 349 g/mol. The lowest BCUT2D eigenvalue weighted by molar-refractivity contribution is 0.0978. The molecule has 20 heavy (non-hydrogen) atoms. The lowest BCUT2D eigenvalue weighted by Gasteiger charge is -2.11. The van der Waals surface area contributed by atoms with Crippen molar-refractivity contribution >= 4 is 33.3 Å². The molecule has 0 aromatic heterocycles. The molecule has 1 unspecified atom stereocenters. The second-order valence-corrected chi connectivity index (χ2v) is 5.79. The van der Waals surface area contributed by atoms with Crippen molar-refractivity contribution < 1.29 is 4.79 Å². The van der Waals surface area contributed by atoms with E-state index in [9.17, 15) is 10.1 Å². The zero-order valence-corrected chi connectivity index (χ0v) is 13.1. The van der Waals surface area contributed by atoms with Gasteiger partial charge >= 0.3 is 0 Å². The van der Waals surface area contributed by atoms with Gasteiger partial charge in [0.25, 0.3) is 0 Å². The number of rotatable bonds is 3. The summed E-state index contributed by atoms with van der Waals surface area (Å²) >= 11 is 9.28. The fraction of sp³-hybridized carbons (Fsp3) is 0.125. The summed E-state index contributed by atoms with van der Waals surface area (Å²) in [5.74, 6) is -1.05. The Bertz CT molecular complexity index is 706. The van der Waals surface area contributed by atoms with Crippen LogP contribution < -0.4 is 0 Å². The number of Topliss-reactive ketones (excluding diaryl/α,β-unsaturated/α-hetero) is 1. The van der Waals surface area contributed by atoms with E-state index in [4.69, 9.17) is 11.6 Å². The standard InChI is InChI=1S/C16H11BrClNO/c1-10-7-12(17)5-6-14(10)16(20)15(9-19)11-3-2-4-13(18)8-11/h2-8,15H,1H3. The molecular weight excluding hydrogens is 338 g/mol. The van der Waals surface area contributed by atoms with Crippen molar-refractivity contribution in [2.75, 3.05) is 0 Å². The van der Waals surface area contributed by atoms with E-state index in [-0.39, 0.29) is 5.78 Å². The zero-order valence-electron chi connectivity index (χ0n) is 10.7. The van der Waals surface area contributed by atoms with Gasteiger partial charge in [0.1, 0.15) is 5.92 Å². The van der Waals surface area contributed by atoms with Crippen LogP contribution in [0.5, 0.6) is 0 Å². The maximum absolute atomic E-state index is 12.5. The fourth-order valence-electron chi connectivity index (χ4n) is 2.03. The van der Waals surface area contributed by atoms with Crippen LogP contribution in [0.4, 0.5) is 0 Å². The first-order chi connectivity index (χ1) is 9.52. The number of aryl methyl sites for hydroxylation is 1. The van der Waals surface area contributed by atoms with Gasteiger partial charge in [0.15, 0.2) is 5.78 Å². The van der Waals surface area contributed by atoms with E-state index in [1.54, 1.807) is 36.4 Å². The van der Waals surface area contributed by atoms with Gasteiger partial charge in [0.2, 0.25) is 0 Å². The number of halogens is 2. The summed E-state index contributed by atoms with van der Waals surface area (Å²) in [6.07, 6.45) is 0. The van der Waals surface area contributed by atoms with Crippen LogP contribution in [0.2, 0.25) is 5.02 Å². The Morgan fingerprint density at radius 3 is 2.65 bits per heavy atom. The summed E-state index contributed by atoms with van der Waals surface area (Å²) in [7, 11) is 0. The predicted octanol–water partition coefficient (Wildman–Crippen LogP) is 4.90. The lowest BCUT2D eigenvalue weighted by atomic mass is 9.90. The quantitative estimate of drug-likeness (QED) is 0.740. The second kappa shape index (κ2) is 6.21. The minimum absolute atomic E-state index is 0.209. The molecule has 0 amide bonds. The molecule has 100 valence electrons. The molecule has 2 nitrogen and oxygen atoms in total. The largest absolute Gasteiger partial charge is 0.292 e. The first-order valence-corrected chi connectivity index (χ1v) is 7.15. The Hall–Kier alpha value is -1.63. The molecule has 2 aromatic rings. The summed E-state index contributed by atoms with van der Waals surface area (Å²) in [6, 6.07) is 14.3. The summed E-state index contributed by atoms with van der Waals surface area (Å²) in [4.78, 5) is 12.5. The number of ketones is 1. The number of carbonyl (C=O) groups is 1. The van der Waals surface area contributed by atoms with Gasteiger partial charge in [-0.1, -0.05) is 39.7 Å². The fourth-order valence-corrected chi connectivity index (χ4v) is 2.70. The van der Waals surface area contributed by atoms with Gasteiger partial charge in [-0.05, 0) is 48.4 Å². The van der Waals surface area contributed by atoms with E-state index < -0.39 is 5.92 Å². The van der Waals surface area contributed by atoms with Crippen molar-refractivity contribution in [2.45, 2.75) is 12.8 Å². The normalized spacial score (nSPS) is 11.7. The van der Waals surface area contributed by atoms with Crippen molar-refractivity contribution in [1.29, 1.82) is 5.26 Å². The predicted molar refractivity (Wildman–Crippen MR) is 83.0 cm³/mol. The molecule has 0 fully saturated rings. The summed E-state index contributed by atoms with van der Waals surface area (Å²) in [6.45, 7) is 1.85. The van der Waals surface area contributed by atoms with Crippen LogP contribution in [0.25, 0.3) is 0 Å². The molecule has 0 heterocycles. The van der Waals surface area contributed by atoms with E-state index in [1.807, 2.05) is 13.0 Å². The van der Waals surface area contributed by atoms with E-state index in [2.05, 4.69) is 22.0 Å². The van der Waals surface area contributed by atoms with E-state index >= 15 is 0 Å². The minimum atomic E-state index is -0.839. The SMILES string of the molecule is Cc1cc(Br)ccc1C(=O)C(C#N)c1cccc(Cl)c1. The zero-order chi connectivity index (χ0) is 14.7. The van der Waals surface area contributed by atoms with Gasteiger partial charge in [0, 0.05) is 15.1 Å².